The zero-order valence-corrected chi connectivity index (χ0v) is 8.36. The fourth-order valence-electron chi connectivity index (χ4n) is 1.98. The molecule has 0 fully saturated rings. The van der Waals surface area contributed by atoms with Crippen molar-refractivity contribution in [3.8, 4) is 5.88 Å². The molecule has 16 heavy (non-hydrogen) atoms. The number of aromatic nitrogens is 1. The van der Waals surface area contributed by atoms with E-state index in [-0.39, 0.29) is 0 Å². The predicted octanol–water partition coefficient (Wildman–Crippen LogP) is 1.06. The van der Waals surface area contributed by atoms with E-state index in [1.165, 1.54) is 0 Å². The molecular weight excluding hydrogens is 208 g/mol. The van der Waals surface area contributed by atoms with E-state index in [1.807, 2.05) is 24.3 Å². The number of hydrogen-bond acceptors (Lipinski definition) is 3. The van der Waals surface area contributed by atoms with Crippen LogP contribution in [0, 0.1) is 0 Å². The van der Waals surface area contributed by atoms with Crippen molar-refractivity contribution < 1.29 is 14.7 Å². The van der Waals surface area contributed by atoms with Crippen molar-refractivity contribution >= 4 is 16.9 Å². The van der Waals surface area contributed by atoms with E-state index < -0.39 is 12.0 Å². The van der Waals surface area contributed by atoms with Crippen LogP contribution in [0.15, 0.2) is 24.3 Å². The first-order valence-corrected chi connectivity index (χ1v) is 5.00. The number of nitrogens with one attached hydrogen (secondary N) is 2. The van der Waals surface area contributed by atoms with Crippen molar-refractivity contribution in [1.82, 2.24) is 10.5 Å². The minimum absolute atomic E-state index is 0.425. The summed E-state index contributed by atoms with van der Waals surface area (Å²) in [6.45, 7) is 0. The molecule has 1 unspecified atom stereocenters. The van der Waals surface area contributed by atoms with Crippen LogP contribution in [0.25, 0.3) is 10.9 Å². The Morgan fingerprint density at radius 1 is 1.44 bits per heavy atom. The number of benzene rings is 1. The van der Waals surface area contributed by atoms with Crippen molar-refractivity contribution in [1.29, 1.82) is 0 Å². The van der Waals surface area contributed by atoms with Gasteiger partial charge in [-0.2, -0.15) is 0 Å². The lowest BCUT2D eigenvalue weighted by Crippen LogP contribution is -2.43. The number of rotatable bonds is 1. The summed E-state index contributed by atoms with van der Waals surface area (Å²) in [7, 11) is 0. The lowest BCUT2D eigenvalue weighted by atomic mass is 10.0. The van der Waals surface area contributed by atoms with Gasteiger partial charge < -0.3 is 14.9 Å². The molecule has 1 aromatic heterocycles. The first kappa shape index (κ1) is 9.23. The molecular formula is C11H10N2O3. The lowest BCUT2D eigenvalue weighted by molar-refractivity contribution is -0.142. The SMILES string of the molecule is O=C(O)C1Cc2c([nH]c3ccccc23)ON1. The van der Waals surface area contributed by atoms with Crippen LogP contribution in [0.5, 0.6) is 5.88 Å². The molecule has 3 rings (SSSR count). The third-order valence-electron chi connectivity index (χ3n) is 2.78. The maximum atomic E-state index is 10.9. The highest BCUT2D eigenvalue weighted by atomic mass is 16.7. The molecule has 0 saturated carbocycles. The number of H-pyrrole nitrogens is 1. The van der Waals surface area contributed by atoms with Crippen molar-refractivity contribution in [3.05, 3.63) is 29.8 Å². The van der Waals surface area contributed by atoms with Crippen LogP contribution in [0.1, 0.15) is 5.56 Å². The number of aliphatic carboxylic acids is 1. The minimum Gasteiger partial charge on any atom is -0.480 e. The molecule has 1 aliphatic heterocycles. The van der Waals surface area contributed by atoms with E-state index in [0.29, 0.717) is 12.3 Å². The summed E-state index contributed by atoms with van der Waals surface area (Å²) in [4.78, 5) is 19.2. The van der Waals surface area contributed by atoms with E-state index in [0.717, 1.165) is 16.5 Å². The quantitative estimate of drug-likeness (QED) is 0.669. The number of fused-ring (bicyclic) bond motifs is 3. The summed E-state index contributed by atoms with van der Waals surface area (Å²) in [5, 5.41) is 9.94. The molecule has 0 amide bonds. The number of para-hydroxylation sites is 1. The van der Waals surface area contributed by atoms with Gasteiger partial charge in [0.05, 0.1) is 0 Å². The standard InChI is InChI=1S/C11H10N2O3/c14-11(15)9-5-7-6-3-1-2-4-8(6)12-10(7)16-13-9/h1-4,9,12-13H,5H2,(H,14,15). The Bertz CT molecular complexity index is 561. The average Bonchev–Trinajstić information content (AvgIpc) is 2.66. The molecule has 1 aliphatic rings. The van der Waals surface area contributed by atoms with E-state index in [9.17, 15) is 4.79 Å². The van der Waals surface area contributed by atoms with Crippen LogP contribution in [-0.4, -0.2) is 22.1 Å². The first-order valence-electron chi connectivity index (χ1n) is 5.00. The molecule has 0 saturated heterocycles. The van der Waals surface area contributed by atoms with Gasteiger partial charge in [0.2, 0.25) is 5.88 Å². The van der Waals surface area contributed by atoms with Crippen molar-refractivity contribution in [3.63, 3.8) is 0 Å². The number of aromatic amines is 1. The molecule has 0 bridgehead atoms. The molecule has 3 N–H and O–H groups in total. The van der Waals surface area contributed by atoms with Crippen LogP contribution in [0.3, 0.4) is 0 Å². The Hall–Kier alpha value is -2.01. The number of carboxylic acids is 1. The molecule has 5 heteroatoms. The zero-order valence-electron chi connectivity index (χ0n) is 8.36. The summed E-state index contributed by atoms with van der Waals surface area (Å²) in [5.41, 5.74) is 4.38. The maximum absolute atomic E-state index is 10.9. The van der Waals surface area contributed by atoms with Gasteiger partial charge in [0, 0.05) is 22.9 Å². The monoisotopic (exact) mass is 218 g/mol. The van der Waals surface area contributed by atoms with Crippen LogP contribution >= 0.6 is 0 Å². The van der Waals surface area contributed by atoms with Gasteiger partial charge in [-0.15, -0.1) is 5.48 Å². The highest BCUT2D eigenvalue weighted by Crippen LogP contribution is 2.30. The fraction of sp³-hybridized carbons (Fsp3) is 0.182. The van der Waals surface area contributed by atoms with Gasteiger partial charge in [-0.05, 0) is 6.07 Å². The Labute approximate surface area is 91.0 Å². The van der Waals surface area contributed by atoms with Crippen molar-refractivity contribution in [2.24, 2.45) is 0 Å². The smallest absolute Gasteiger partial charge is 0.324 e. The van der Waals surface area contributed by atoms with Gasteiger partial charge in [-0.25, -0.2) is 0 Å². The first-order chi connectivity index (χ1) is 7.75. The lowest BCUT2D eigenvalue weighted by Gasteiger charge is -2.20. The normalized spacial score (nSPS) is 19.1. The number of carboxylic acid groups (broad SMARTS) is 1. The molecule has 2 aromatic rings. The molecule has 0 spiro atoms. The van der Waals surface area contributed by atoms with Gasteiger partial charge in [0.25, 0.3) is 0 Å². The van der Waals surface area contributed by atoms with Crippen LogP contribution < -0.4 is 10.3 Å². The second kappa shape index (κ2) is 3.24. The maximum Gasteiger partial charge on any atom is 0.324 e. The minimum atomic E-state index is -0.907. The molecule has 2 heterocycles. The van der Waals surface area contributed by atoms with Crippen LogP contribution in [0.2, 0.25) is 0 Å². The van der Waals surface area contributed by atoms with Gasteiger partial charge in [0.15, 0.2) is 0 Å². The summed E-state index contributed by atoms with van der Waals surface area (Å²) >= 11 is 0. The van der Waals surface area contributed by atoms with Crippen molar-refractivity contribution in [2.75, 3.05) is 0 Å². The number of hydroxylamine groups is 1. The summed E-state index contributed by atoms with van der Waals surface area (Å²) in [5.74, 6) is -0.297. The average molecular weight is 218 g/mol. The Morgan fingerprint density at radius 2 is 2.25 bits per heavy atom. The molecule has 0 radical (unpaired) electrons. The summed E-state index contributed by atoms with van der Waals surface area (Å²) < 4.78 is 0. The number of carbonyl (C=O) groups is 1. The second-order valence-electron chi connectivity index (χ2n) is 3.79. The third kappa shape index (κ3) is 1.25. The third-order valence-corrected chi connectivity index (χ3v) is 2.78. The molecule has 82 valence electrons. The van der Waals surface area contributed by atoms with E-state index >= 15 is 0 Å². The van der Waals surface area contributed by atoms with E-state index in [2.05, 4.69) is 10.5 Å². The topological polar surface area (TPSA) is 74.3 Å². The highest BCUT2D eigenvalue weighted by Gasteiger charge is 2.28. The highest BCUT2D eigenvalue weighted by molar-refractivity contribution is 5.87. The van der Waals surface area contributed by atoms with Crippen LogP contribution in [0.4, 0.5) is 0 Å². The molecule has 0 aliphatic carbocycles. The second-order valence-corrected chi connectivity index (χ2v) is 3.79. The summed E-state index contributed by atoms with van der Waals surface area (Å²) in [6.07, 6.45) is 0.425. The molecule has 5 nitrogen and oxygen atoms in total. The Kier molecular flexibility index (Phi) is 1.87. The fourth-order valence-corrected chi connectivity index (χ4v) is 1.98. The predicted molar refractivity (Wildman–Crippen MR) is 57.2 cm³/mol. The largest absolute Gasteiger partial charge is 0.480 e. The van der Waals surface area contributed by atoms with Gasteiger partial charge in [0.1, 0.15) is 6.04 Å². The molecule has 1 aromatic carbocycles. The molecule has 1 atom stereocenters. The van der Waals surface area contributed by atoms with Crippen LogP contribution in [-0.2, 0) is 11.2 Å². The Morgan fingerprint density at radius 3 is 3.06 bits per heavy atom. The van der Waals surface area contributed by atoms with Gasteiger partial charge in [-0.1, -0.05) is 18.2 Å². The van der Waals surface area contributed by atoms with E-state index in [1.54, 1.807) is 0 Å². The number of hydrogen-bond donors (Lipinski definition) is 3. The summed E-state index contributed by atoms with van der Waals surface area (Å²) in [6, 6.07) is 7.05. The zero-order chi connectivity index (χ0) is 11.1. The van der Waals surface area contributed by atoms with E-state index in [4.69, 9.17) is 9.94 Å². The Balaban J connectivity index is 2.11. The van der Waals surface area contributed by atoms with Crippen molar-refractivity contribution in [2.45, 2.75) is 12.5 Å². The van der Waals surface area contributed by atoms with Gasteiger partial charge >= 0.3 is 5.97 Å². The van der Waals surface area contributed by atoms with Gasteiger partial charge in [-0.3, -0.25) is 4.79 Å².